The molecule has 0 aromatic carbocycles. The zero-order chi connectivity index (χ0) is 7.11. The normalized spacial score (nSPS) is 11.6. The van der Waals surface area contributed by atoms with Crippen molar-refractivity contribution in [3.63, 3.8) is 0 Å². The molecule has 0 fully saturated rings. The number of hydrogen-bond acceptors (Lipinski definition) is 1. The van der Waals surface area contributed by atoms with Crippen LogP contribution in [0.1, 0.15) is 13.8 Å². The maximum absolute atomic E-state index is 5.37. The van der Waals surface area contributed by atoms with Gasteiger partial charge < -0.3 is 4.74 Å². The summed E-state index contributed by atoms with van der Waals surface area (Å²) in [7, 11) is 0. The van der Waals surface area contributed by atoms with E-state index < -0.39 is 0 Å². The Morgan fingerprint density at radius 2 is 2.11 bits per heavy atom. The van der Waals surface area contributed by atoms with Gasteiger partial charge in [-0.15, -0.1) is 11.6 Å². The number of ether oxygens (including phenoxy) is 1. The first-order valence-electron chi connectivity index (χ1n) is 3.10. The second-order valence-corrected chi connectivity index (χ2v) is 2.32. The zero-order valence-corrected chi connectivity index (χ0v) is 6.69. The molecule has 0 aliphatic heterocycles. The molecular weight excluding hydrogens is 136 g/mol. The lowest BCUT2D eigenvalue weighted by Gasteiger charge is -2.01. The van der Waals surface area contributed by atoms with E-state index in [1.54, 1.807) is 0 Å². The molecule has 0 atom stereocenters. The molecule has 0 aliphatic rings. The van der Waals surface area contributed by atoms with Crippen LogP contribution in [0.2, 0.25) is 0 Å². The lowest BCUT2D eigenvalue weighted by Crippen LogP contribution is -2.01. The topological polar surface area (TPSA) is 9.23 Å². The van der Waals surface area contributed by atoms with Crippen LogP contribution in [0.25, 0.3) is 0 Å². The molecule has 0 radical (unpaired) electrons. The molecule has 0 unspecified atom stereocenters. The van der Waals surface area contributed by atoms with Crippen molar-refractivity contribution in [3.05, 3.63) is 12.2 Å². The van der Waals surface area contributed by atoms with E-state index in [0.29, 0.717) is 18.6 Å². The highest BCUT2D eigenvalue weighted by Crippen LogP contribution is 1.87. The average molecular weight is 149 g/mol. The molecule has 0 amide bonds. The Balaban J connectivity index is 2.99. The van der Waals surface area contributed by atoms with E-state index in [2.05, 4.69) is 0 Å². The van der Waals surface area contributed by atoms with Gasteiger partial charge in [0.2, 0.25) is 0 Å². The Bertz CT molecular complexity index is 79.0. The van der Waals surface area contributed by atoms with Gasteiger partial charge >= 0.3 is 0 Å². The molecule has 0 saturated carbocycles. The summed E-state index contributed by atoms with van der Waals surface area (Å²) in [4.78, 5) is 0. The number of rotatable bonds is 4. The van der Waals surface area contributed by atoms with Crippen LogP contribution in [0.15, 0.2) is 12.2 Å². The van der Waals surface area contributed by atoms with Crippen LogP contribution in [0, 0.1) is 0 Å². The minimum Gasteiger partial charge on any atom is -0.375 e. The maximum Gasteiger partial charge on any atom is 0.0651 e. The standard InChI is InChI=1S/C7H13ClO/c1-7(2)9-6-4-3-5-8/h3-4,7H,5-6H2,1-2H3/b4-3+. The molecule has 0 spiro atoms. The minimum atomic E-state index is 0.310. The van der Waals surface area contributed by atoms with E-state index in [-0.39, 0.29) is 0 Å². The minimum absolute atomic E-state index is 0.310. The van der Waals surface area contributed by atoms with Gasteiger partial charge in [0.05, 0.1) is 12.7 Å². The van der Waals surface area contributed by atoms with Crippen LogP contribution in [-0.4, -0.2) is 18.6 Å². The summed E-state index contributed by atoms with van der Waals surface area (Å²) < 4.78 is 5.20. The third-order valence-electron chi connectivity index (χ3n) is 0.782. The lowest BCUT2D eigenvalue weighted by molar-refractivity contribution is 0.102. The van der Waals surface area contributed by atoms with Crippen molar-refractivity contribution in [2.75, 3.05) is 12.5 Å². The van der Waals surface area contributed by atoms with Crippen molar-refractivity contribution in [2.24, 2.45) is 0 Å². The largest absolute Gasteiger partial charge is 0.375 e. The van der Waals surface area contributed by atoms with Gasteiger partial charge in [-0.2, -0.15) is 0 Å². The molecule has 54 valence electrons. The van der Waals surface area contributed by atoms with Gasteiger partial charge in [0.15, 0.2) is 0 Å². The molecule has 0 aromatic heterocycles. The summed E-state index contributed by atoms with van der Waals surface area (Å²) in [5.74, 6) is 0.571. The molecule has 1 nitrogen and oxygen atoms in total. The second-order valence-electron chi connectivity index (χ2n) is 2.01. The number of allylic oxidation sites excluding steroid dienone is 1. The van der Waals surface area contributed by atoms with Gasteiger partial charge in [0.1, 0.15) is 0 Å². The Morgan fingerprint density at radius 3 is 2.56 bits per heavy atom. The van der Waals surface area contributed by atoms with Gasteiger partial charge in [0, 0.05) is 5.88 Å². The van der Waals surface area contributed by atoms with Gasteiger partial charge in [-0.05, 0) is 13.8 Å². The summed E-state index contributed by atoms with van der Waals surface area (Å²) in [6.45, 7) is 4.69. The third-order valence-corrected chi connectivity index (χ3v) is 0.960. The molecule has 0 N–H and O–H groups in total. The van der Waals surface area contributed by atoms with Gasteiger partial charge in [-0.25, -0.2) is 0 Å². The molecule has 0 saturated heterocycles. The molecule has 0 aromatic rings. The second kappa shape index (κ2) is 6.12. The molecule has 0 heterocycles. The van der Waals surface area contributed by atoms with E-state index in [4.69, 9.17) is 16.3 Å². The van der Waals surface area contributed by atoms with Gasteiger partial charge in [-0.3, -0.25) is 0 Å². The monoisotopic (exact) mass is 148 g/mol. The Labute approximate surface area is 61.7 Å². The van der Waals surface area contributed by atoms with Crippen LogP contribution in [0.5, 0.6) is 0 Å². The van der Waals surface area contributed by atoms with E-state index in [1.807, 2.05) is 26.0 Å². The van der Waals surface area contributed by atoms with Crippen LogP contribution in [0.4, 0.5) is 0 Å². The molecule has 2 heteroatoms. The van der Waals surface area contributed by atoms with E-state index in [1.165, 1.54) is 0 Å². The fraction of sp³-hybridized carbons (Fsp3) is 0.714. The van der Waals surface area contributed by atoms with Crippen LogP contribution >= 0.6 is 11.6 Å². The van der Waals surface area contributed by atoms with Crippen LogP contribution in [0.3, 0.4) is 0 Å². The van der Waals surface area contributed by atoms with Crippen LogP contribution in [-0.2, 0) is 4.74 Å². The Kier molecular flexibility index (Phi) is 6.11. The number of hydrogen-bond donors (Lipinski definition) is 0. The van der Waals surface area contributed by atoms with Crippen molar-refractivity contribution < 1.29 is 4.74 Å². The summed E-state index contributed by atoms with van der Waals surface area (Å²) in [5.41, 5.74) is 0. The molecule has 0 aliphatic carbocycles. The third kappa shape index (κ3) is 7.99. The first-order chi connectivity index (χ1) is 4.27. The van der Waals surface area contributed by atoms with Crippen molar-refractivity contribution in [2.45, 2.75) is 20.0 Å². The highest BCUT2D eigenvalue weighted by molar-refractivity contribution is 6.18. The number of halogens is 1. The quantitative estimate of drug-likeness (QED) is 0.439. The first-order valence-corrected chi connectivity index (χ1v) is 3.63. The molecule has 9 heavy (non-hydrogen) atoms. The van der Waals surface area contributed by atoms with Crippen molar-refractivity contribution in [1.29, 1.82) is 0 Å². The van der Waals surface area contributed by atoms with Gasteiger partial charge in [0.25, 0.3) is 0 Å². The maximum atomic E-state index is 5.37. The van der Waals surface area contributed by atoms with Gasteiger partial charge in [-0.1, -0.05) is 12.2 Å². The molecule has 0 rings (SSSR count). The van der Waals surface area contributed by atoms with E-state index in [9.17, 15) is 0 Å². The molecule has 0 bridgehead atoms. The van der Waals surface area contributed by atoms with Crippen LogP contribution < -0.4 is 0 Å². The SMILES string of the molecule is CC(C)OC/C=C/CCl. The van der Waals surface area contributed by atoms with E-state index in [0.717, 1.165) is 0 Å². The highest BCUT2D eigenvalue weighted by atomic mass is 35.5. The Morgan fingerprint density at radius 1 is 1.44 bits per heavy atom. The number of alkyl halides is 1. The molecular formula is C7H13ClO. The first kappa shape index (κ1) is 8.99. The lowest BCUT2D eigenvalue weighted by atomic mass is 10.5. The fourth-order valence-electron chi connectivity index (χ4n) is 0.379. The predicted molar refractivity (Wildman–Crippen MR) is 40.9 cm³/mol. The summed E-state index contributed by atoms with van der Waals surface area (Å²) >= 11 is 5.37. The van der Waals surface area contributed by atoms with Crippen molar-refractivity contribution in [3.8, 4) is 0 Å². The Hall–Kier alpha value is -0.0100. The zero-order valence-electron chi connectivity index (χ0n) is 5.93. The van der Waals surface area contributed by atoms with Crippen molar-refractivity contribution in [1.82, 2.24) is 0 Å². The average Bonchev–Trinajstić information content (AvgIpc) is 1.80. The predicted octanol–water partition coefficient (Wildman–Crippen LogP) is 2.21. The van der Waals surface area contributed by atoms with E-state index >= 15 is 0 Å². The summed E-state index contributed by atoms with van der Waals surface area (Å²) in [6.07, 6.45) is 4.11. The summed E-state index contributed by atoms with van der Waals surface area (Å²) in [6, 6.07) is 0. The van der Waals surface area contributed by atoms with Crippen molar-refractivity contribution >= 4 is 11.6 Å². The smallest absolute Gasteiger partial charge is 0.0651 e. The highest BCUT2D eigenvalue weighted by Gasteiger charge is 1.86. The summed E-state index contributed by atoms with van der Waals surface area (Å²) in [5, 5.41) is 0. The fourth-order valence-corrected chi connectivity index (χ4v) is 0.505.